The van der Waals surface area contributed by atoms with Gasteiger partial charge >= 0.3 is 0 Å². The Morgan fingerprint density at radius 1 is 0.719 bits per heavy atom. The molecule has 0 spiro atoms. The van der Waals surface area contributed by atoms with Crippen LogP contribution in [-0.2, 0) is 20.4 Å². The number of ketones is 2. The highest BCUT2D eigenvalue weighted by Crippen LogP contribution is 2.75. The number of fused-ring (bicyclic) bond motifs is 3. The topological polar surface area (TPSA) is 34.1 Å². The van der Waals surface area contributed by atoms with Crippen LogP contribution in [0.15, 0.2) is 96.6 Å². The molecule has 3 aromatic carbocycles. The highest BCUT2D eigenvalue weighted by molar-refractivity contribution is 6.11. The van der Waals surface area contributed by atoms with Gasteiger partial charge in [-0.1, -0.05) is 97.4 Å². The second-order valence-corrected chi connectivity index (χ2v) is 10.0. The number of carbonyl (C=O) groups excluding carboxylic acids is 2. The fourth-order valence-electron chi connectivity index (χ4n) is 7.90. The number of allylic oxidation sites excluding steroid dienone is 2. The molecule has 0 amide bonds. The molecule has 0 radical (unpaired) electrons. The smallest absolute Gasteiger partial charge is 0.160 e. The Hall–Kier alpha value is -3.26. The van der Waals surface area contributed by atoms with E-state index in [-0.39, 0.29) is 17.5 Å². The molecule has 0 heterocycles. The Labute approximate surface area is 189 Å². The maximum atomic E-state index is 14.5. The molecule has 4 bridgehead atoms. The van der Waals surface area contributed by atoms with E-state index in [4.69, 9.17) is 0 Å². The van der Waals surface area contributed by atoms with Gasteiger partial charge in [-0.25, -0.2) is 0 Å². The van der Waals surface area contributed by atoms with Crippen LogP contribution in [0.5, 0.6) is 0 Å². The number of rotatable bonds is 2. The van der Waals surface area contributed by atoms with E-state index >= 15 is 0 Å². The van der Waals surface area contributed by atoms with E-state index in [0.717, 1.165) is 22.3 Å². The Morgan fingerprint density at radius 2 is 1.28 bits per heavy atom. The molecule has 6 rings (SSSR count). The second kappa shape index (κ2) is 6.16. The average molecular weight is 419 g/mol. The van der Waals surface area contributed by atoms with E-state index in [1.54, 1.807) is 0 Å². The lowest BCUT2D eigenvalue weighted by molar-refractivity contribution is -0.129. The van der Waals surface area contributed by atoms with Crippen LogP contribution < -0.4 is 0 Å². The zero-order chi connectivity index (χ0) is 22.3. The van der Waals surface area contributed by atoms with Crippen molar-refractivity contribution in [1.82, 2.24) is 0 Å². The Morgan fingerprint density at radius 3 is 1.94 bits per heavy atom. The van der Waals surface area contributed by atoms with Gasteiger partial charge in [0.15, 0.2) is 11.6 Å². The first kappa shape index (κ1) is 19.4. The maximum Gasteiger partial charge on any atom is 0.160 e. The summed E-state index contributed by atoms with van der Waals surface area (Å²) in [5.74, 6) is -0.538. The number of benzene rings is 3. The van der Waals surface area contributed by atoms with E-state index in [1.165, 1.54) is 5.56 Å². The summed E-state index contributed by atoms with van der Waals surface area (Å²) >= 11 is 0. The SMILES string of the molecule is CC1=CC(=O)[C@H]2[C@@]3(C)[C@H](c4ccccc4)C(=O)[C@@]2(C)c2ccccc2[C@]13c1ccccc1. The number of carbonyl (C=O) groups is 2. The van der Waals surface area contributed by atoms with Crippen LogP contribution in [0.25, 0.3) is 0 Å². The van der Waals surface area contributed by atoms with Crippen molar-refractivity contribution < 1.29 is 9.59 Å². The molecule has 2 heteroatoms. The van der Waals surface area contributed by atoms with Crippen molar-refractivity contribution in [3.8, 4) is 0 Å². The molecular weight excluding hydrogens is 392 g/mol. The molecule has 0 N–H and O–H groups in total. The average Bonchev–Trinajstić information content (AvgIpc) is 2.96. The molecular formula is C30H26O2. The summed E-state index contributed by atoms with van der Waals surface area (Å²) in [7, 11) is 0. The molecule has 32 heavy (non-hydrogen) atoms. The Kier molecular flexibility index (Phi) is 3.74. The highest BCUT2D eigenvalue weighted by atomic mass is 16.1. The molecule has 3 aromatic rings. The van der Waals surface area contributed by atoms with Gasteiger partial charge in [-0.2, -0.15) is 0 Å². The summed E-state index contributed by atoms with van der Waals surface area (Å²) in [6, 6.07) is 28.9. The predicted octanol–water partition coefficient (Wildman–Crippen LogP) is 5.76. The Bertz CT molecular complexity index is 1300. The van der Waals surface area contributed by atoms with Gasteiger partial charge in [0.05, 0.1) is 11.3 Å². The van der Waals surface area contributed by atoms with Crippen LogP contribution in [0.2, 0.25) is 0 Å². The van der Waals surface area contributed by atoms with Crippen molar-refractivity contribution in [1.29, 1.82) is 0 Å². The fraction of sp³-hybridized carbons (Fsp3) is 0.267. The third-order valence-corrected chi connectivity index (χ3v) is 8.82. The summed E-state index contributed by atoms with van der Waals surface area (Å²) < 4.78 is 0. The lowest BCUT2D eigenvalue weighted by Gasteiger charge is -2.60. The third-order valence-electron chi connectivity index (χ3n) is 8.82. The van der Waals surface area contributed by atoms with Gasteiger partial charge < -0.3 is 0 Å². The van der Waals surface area contributed by atoms with Crippen LogP contribution in [0.4, 0.5) is 0 Å². The molecule has 1 saturated carbocycles. The largest absolute Gasteiger partial charge is 0.298 e. The van der Waals surface area contributed by atoms with Gasteiger partial charge in [-0.15, -0.1) is 0 Å². The van der Waals surface area contributed by atoms with Gasteiger partial charge in [-0.05, 0) is 42.2 Å². The van der Waals surface area contributed by atoms with E-state index < -0.39 is 22.2 Å². The molecule has 2 nitrogen and oxygen atoms in total. The lowest BCUT2D eigenvalue weighted by Crippen LogP contribution is -2.61. The minimum absolute atomic E-state index is 0.0836. The van der Waals surface area contributed by atoms with Crippen molar-refractivity contribution in [2.45, 2.75) is 37.5 Å². The van der Waals surface area contributed by atoms with Crippen molar-refractivity contribution in [3.63, 3.8) is 0 Å². The quantitative estimate of drug-likeness (QED) is 0.530. The molecule has 0 aliphatic heterocycles. The van der Waals surface area contributed by atoms with Gasteiger partial charge in [0.2, 0.25) is 0 Å². The molecule has 1 fully saturated rings. The molecule has 0 unspecified atom stereocenters. The first-order valence-corrected chi connectivity index (χ1v) is 11.4. The van der Waals surface area contributed by atoms with Gasteiger partial charge in [0.1, 0.15) is 0 Å². The molecule has 3 aliphatic rings. The minimum Gasteiger partial charge on any atom is -0.298 e. The number of hydrogen-bond acceptors (Lipinski definition) is 2. The van der Waals surface area contributed by atoms with Crippen LogP contribution in [-0.4, -0.2) is 11.6 Å². The van der Waals surface area contributed by atoms with Crippen molar-refractivity contribution >= 4 is 11.6 Å². The first-order valence-electron chi connectivity index (χ1n) is 11.4. The number of hydrogen-bond donors (Lipinski definition) is 0. The van der Waals surface area contributed by atoms with E-state index in [1.807, 2.05) is 43.3 Å². The van der Waals surface area contributed by atoms with E-state index in [2.05, 4.69) is 68.4 Å². The monoisotopic (exact) mass is 418 g/mol. The summed E-state index contributed by atoms with van der Waals surface area (Å²) in [6.07, 6.45) is 1.83. The normalized spacial score (nSPS) is 34.8. The molecule has 0 aromatic heterocycles. The lowest BCUT2D eigenvalue weighted by atomic mass is 9.40. The van der Waals surface area contributed by atoms with Crippen LogP contribution in [0.3, 0.4) is 0 Å². The zero-order valence-electron chi connectivity index (χ0n) is 18.6. The third kappa shape index (κ3) is 1.89. The highest BCUT2D eigenvalue weighted by Gasteiger charge is 2.78. The van der Waals surface area contributed by atoms with Crippen LogP contribution in [0.1, 0.15) is 48.9 Å². The van der Waals surface area contributed by atoms with Gasteiger partial charge in [0, 0.05) is 16.7 Å². The summed E-state index contributed by atoms with van der Waals surface area (Å²) in [4.78, 5) is 28.2. The van der Waals surface area contributed by atoms with Gasteiger partial charge in [-0.3, -0.25) is 9.59 Å². The summed E-state index contributed by atoms with van der Waals surface area (Å²) in [5.41, 5.74) is 3.33. The van der Waals surface area contributed by atoms with Crippen molar-refractivity contribution in [3.05, 3.63) is 119 Å². The Balaban J connectivity index is 1.84. The molecule has 3 aliphatic carbocycles. The standard InChI is InChI=1S/C30H26O2/c1-19-18-24(31)26-28(2)22-16-10-11-17-23(22)30(19,21-14-8-5-9-15-21)29(26,3)25(27(28)32)20-12-6-4-7-13-20/h4-18,25-26H,1-3H3/t25-,26-,28+,29-,30-/m1/s1. The molecule has 5 atom stereocenters. The van der Waals surface area contributed by atoms with Gasteiger partial charge in [0.25, 0.3) is 0 Å². The first-order chi connectivity index (χ1) is 15.4. The number of Topliss-reactive ketones (excluding diaryl/α,β-unsaturated/α-hetero) is 1. The predicted molar refractivity (Wildman–Crippen MR) is 126 cm³/mol. The van der Waals surface area contributed by atoms with Crippen molar-refractivity contribution in [2.75, 3.05) is 0 Å². The van der Waals surface area contributed by atoms with E-state index in [9.17, 15) is 9.59 Å². The van der Waals surface area contributed by atoms with E-state index in [0.29, 0.717) is 0 Å². The zero-order valence-corrected chi connectivity index (χ0v) is 18.6. The summed E-state index contributed by atoms with van der Waals surface area (Å²) in [5, 5.41) is 0. The van der Waals surface area contributed by atoms with Crippen LogP contribution in [0, 0.1) is 11.3 Å². The summed E-state index contributed by atoms with van der Waals surface area (Å²) in [6.45, 7) is 6.30. The molecule has 158 valence electrons. The van der Waals surface area contributed by atoms with Crippen LogP contribution >= 0.6 is 0 Å². The fourth-order valence-corrected chi connectivity index (χ4v) is 7.90. The molecule has 0 saturated heterocycles. The maximum absolute atomic E-state index is 14.5. The second-order valence-electron chi connectivity index (χ2n) is 10.0. The minimum atomic E-state index is -0.849. The van der Waals surface area contributed by atoms with Crippen molar-refractivity contribution in [2.24, 2.45) is 11.3 Å².